The number of methoxy groups -OCH3 is 1. The number of rotatable bonds is 8. The lowest BCUT2D eigenvalue weighted by Gasteiger charge is -2.11. The molecule has 1 unspecified atom stereocenters. The van der Waals surface area contributed by atoms with E-state index >= 15 is 0 Å². The van der Waals surface area contributed by atoms with Gasteiger partial charge in [0.25, 0.3) is 0 Å². The summed E-state index contributed by atoms with van der Waals surface area (Å²) in [7, 11) is -1.88. The first kappa shape index (κ1) is 15.9. The molecule has 1 aromatic rings. The number of hydrogen-bond acceptors (Lipinski definition) is 5. The zero-order chi connectivity index (χ0) is 14.8. The second kappa shape index (κ2) is 6.53. The summed E-state index contributed by atoms with van der Waals surface area (Å²) in [5.41, 5.74) is 0. The summed E-state index contributed by atoms with van der Waals surface area (Å²) in [4.78, 5) is 2.28. The number of ether oxygens (including phenoxy) is 1. The van der Waals surface area contributed by atoms with Gasteiger partial charge in [-0.15, -0.1) is 11.3 Å². The zero-order valence-electron chi connectivity index (χ0n) is 12.1. The molecule has 0 spiro atoms. The summed E-state index contributed by atoms with van der Waals surface area (Å²) >= 11 is 1.54. The molecule has 20 heavy (non-hydrogen) atoms. The van der Waals surface area contributed by atoms with E-state index in [4.69, 9.17) is 4.74 Å². The van der Waals surface area contributed by atoms with Crippen molar-refractivity contribution >= 4 is 21.4 Å². The number of hydrogen-bond donors (Lipinski definition) is 2. The van der Waals surface area contributed by atoms with E-state index in [0.717, 1.165) is 16.3 Å². The van der Waals surface area contributed by atoms with Crippen LogP contribution in [-0.4, -0.2) is 34.2 Å². The van der Waals surface area contributed by atoms with Gasteiger partial charge in [0.15, 0.2) is 0 Å². The standard InChI is InChI=1S/C13H22N2O3S2/c1-9(18-3)7-15-20(16,17)13-6-12(19-10(13)2)8-14-11-4-5-11/h6,9,11,14-15H,4-5,7-8H2,1-3H3. The molecule has 0 aromatic carbocycles. The van der Waals surface area contributed by atoms with Gasteiger partial charge in [-0.25, -0.2) is 13.1 Å². The average Bonchev–Trinajstić information content (AvgIpc) is 3.16. The van der Waals surface area contributed by atoms with Crippen molar-refractivity contribution in [2.24, 2.45) is 0 Å². The van der Waals surface area contributed by atoms with Gasteiger partial charge >= 0.3 is 0 Å². The van der Waals surface area contributed by atoms with E-state index in [1.165, 1.54) is 24.2 Å². The van der Waals surface area contributed by atoms with Crippen molar-refractivity contribution in [3.05, 3.63) is 15.8 Å². The Balaban J connectivity index is 2.01. The third-order valence-corrected chi connectivity index (χ3v) is 6.05. The molecule has 2 N–H and O–H groups in total. The monoisotopic (exact) mass is 318 g/mol. The highest BCUT2D eigenvalue weighted by atomic mass is 32.2. The van der Waals surface area contributed by atoms with Gasteiger partial charge in [-0.05, 0) is 32.8 Å². The maximum Gasteiger partial charge on any atom is 0.241 e. The molecular formula is C13H22N2O3S2. The van der Waals surface area contributed by atoms with Crippen LogP contribution >= 0.6 is 11.3 Å². The maximum atomic E-state index is 12.3. The van der Waals surface area contributed by atoms with E-state index in [2.05, 4.69) is 10.0 Å². The SMILES string of the molecule is COC(C)CNS(=O)(=O)c1cc(CNC2CC2)sc1C. The van der Waals surface area contributed by atoms with Gasteiger partial charge in [-0.1, -0.05) is 0 Å². The van der Waals surface area contributed by atoms with Crippen molar-refractivity contribution in [3.63, 3.8) is 0 Å². The number of aryl methyl sites for hydroxylation is 1. The molecular weight excluding hydrogens is 296 g/mol. The fourth-order valence-corrected chi connectivity index (χ4v) is 4.50. The Kier molecular flexibility index (Phi) is 5.19. The zero-order valence-corrected chi connectivity index (χ0v) is 13.7. The number of thiophene rings is 1. The summed E-state index contributed by atoms with van der Waals surface area (Å²) in [5, 5.41) is 3.40. The minimum absolute atomic E-state index is 0.139. The first-order valence-electron chi connectivity index (χ1n) is 6.77. The highest BCUT2D eigenvalue weighted by Crippen LogP contribution is 2.27. The first-order valence-corrected chi connectivity index (χ1v) is 9.07. The molecule has 1 aliphatic carbocycles. The van der Waals surface area contributed by atoms with E-state index in [9.17, 15) is 8.42 Å². The van der Waals surface area contributed by atoms with Crippen LogP contribution in [0, 0.1) is 6.92 Å². The predicted octanol–water partition coefficient (Wildman–Crippen LogP) is 1.62. The van der Waals surface area contributed by atoms with Crippen molar-refractivity contribution in [1.82, 2.24) is 10.0 Å². The molecule has 0 amide bonds. The van der Waals surface area contributed by atoms with Gasteiger partial charge in [0.2, 0.25) is 10.0 Å². The molecule has 0 bridgehead atoms. The molecule has 2 rings (SSSR count). The fourth-order valence-electron chi connectivity index (χ4n) is 1.80. The Morgan fingerprint density at radius 3 is 2.80 bits per heavy atom. The Hall–Kier alpha value is -0.470. The van der Waals surface area contributed by atoms with Crippen molar-refractivity contribution in [1.29, 1.82) is 0 Å². The molecule has 0 saturated heterocycles. The fraction of sp³-hybridized carbons (Fsp3) is 0.692. The molecule has 114 valence electrons. The van der Waals surface area contributed by atoms with E-state index in [-0.39, 0.29) is 12.6 Å². The summed E-state index contributed by atoms with van der Waals surface area (Å²) in [6.07, 6.45) is 2.32. The lowest BCUT2D eigenvalue weighted by molar-refractivity contribution is 0.122. The normalized spacial score (nSPS) is 17.4. The lowest BCUT2D eigenvalue weighted by atomic mass is 10.4. The predicted molar refractivity (Wildman–Crippen MR) is 80.6 cm³/mol. The van der Waals surface area contributed by atoms with E-state index in [0.29, 0.717) is 10.9 Å². The first-order chi connectivity index (χ1) is 9.42. The Morgan fingerprint density at radius 2 is 2.20 bits per heavy atom. The van der Waals surface area contributed by atoms with Crippen molar-refractivity contribution in [2.75, 3.05) is 13.7 Å². The third kappa shape index (κ3) is 4.26. The van der Waals surface area contributed by atoms with Gasteiger partial charge in [0.1, 0.15) is 0 Å². The van der Waals surface area contributed by atoms with Crippen LogP contribution in [0.4, 0.5) is 0 Å². The summed E-state index contributed by atoms with van der Waals surface area (Å²) in [6, 6.07) is 2.40. The van der Waals surface area contributed by atoms with Crippen LogP contribution in [0.1, 0.15) is 29.5 Å². The van der Waals surface area contributed by atoms with Crippen LogP contribution in [-0.2, 0) is 21.3 Å². The minimum Gasteiger partial charge on any atom is -0.380 e. The summed E-state index contributed by atoms with van der Waals surface area (Å²) in [5.74, 6) is 0. The van der Waals surface area contributed by atoms with Gasteiger partial charge in [0.05, 0.1) is 11.0 Å². The average molecular weight is 318 g/mol. The van der Waals surface area contributed by atoms with Crippen LogP contribution in [0.5, 0.6) is 0 Å². The second-order valence-electron chi connectivity index (χ2n) is 5.19. The van der Waals surface area contributed by atoms with Crippen molar-refractivity contribution in [2.45, 2.75) is 50.3 Å². The highest BCUT2D eigenvalue weighted by molar-refractivity contribution is 7.89. The number of nitrogens with one attached hydrogen (secondary N) is 2. The van der Waals surface area contributed by atoms with Gasteiger partial charge in [0, 0.05) is 36.0 Å². The van der Waals surface area contributed by atoms with E-state index in [1.807, 2.05) is 13.8 Å². The second-order valence-corrected chi connectivity index (χ2v) is 8.26. The molecule has 1 heterocycles. The number of sulfonamides is 1. The molecule has 1 fully saturated rings. The van der Waals surface area contributed by atoms with Gasteiger partial charge in [-0.2, -0.15) is 0 Å². The van der Waals surface area contributed by atoms with Crippen LogP contribution in [0.25, 0.3) is 0 Å². The van der Waals surface area contributed by atoms with Crippen molar-refractivity contribution < 1.29 is 13.2 Å². The smallest absolute Gasteiger partial charge is 0.241 e. The summed E-state index contributed by atoms with van der Waals surface area (Å²) < 4.78 is 32.2. The molecule has 7 heteroatoms. The van der Waals surface area contributed by atoms with Crippen molar-refractivity contribution in [3.8, 4) is 0 Å². The van der Waals surface area contributed by atoms with Crippen LogP contribution in [0.15, 0.2) is 11.0 Å². The molecule has 1 atom stereocenters. The van der Waals surface area contributed by atoms with E-state index < -0.39 is 10.0 Å². The molecule has 0 aliphatic heterocycles. The topological polar surface area (TPSA) is 67.4 Å². The van der Waals surface area contributed by atoms with E-state index in [1.54, 1.807) is 13.2 Å². The van der Waals surface area contributed by atoms with Crippen LogP contribution in [0.3, 0.4) is 0 Å². The molecule has 5 nitrogen and oxygen atoms in total. The Morgan fingerprint density at radius 1 is 1.50 bits per heavy atom. The largest absolute Gasteiger partial charge is 0.380 e. The molecule has 0 radical (unpaired) electrons. The molecule has 1 saturated carbocycles. The Bertz CT molecular complexity index is 550. The quantitative estimate of drug-likeness (QED) is 0.764. The van der Waals surface area contributed by atoms with Crippen LogP contribution in [0.2, 0.25) is 0 Å². The van der Waals surface area contributed by atoms with Gasteiger partial charge in [-0.3, -0.25) is 0 Å². The Labute approximate surface area is 124 Å². The third-order valence-electron chi connectivity index (χ3n) is 3.32. The lowest BCUT2D eigenvalue weighted by Crippen LogP contribution is -2.31. The summed E-state index contributed by atoms with van der Waals surface area (Å²) in [6.45, 7) is 4.71. The molecule has 1 aliphatic rings. The van der Waals surface area contributed by atoms with Crippen LogP contribution < -0.4 is 10.0 Å². The maximum absolute atomic E-state index is 12.3. The highest BCUT2D eigenvalue weighted by Gasteiger charge is 2.23. The minimum atomic E-state index is -3.45. The van der Waals surface area contributed by atoms with Gasteiger partial charge < -0.3 is 10.1 Å². The molecule has 1 aromatic heterocycles.